The second kappa shape index (κ2) is 17.7. The Morgan fingerprint density at radius 1 is 0.656 bits per heavy atom. The van der Waals surface area contributed by atoms with Crippen molar-refractivity contribution in [3.8, 4) is 0 Å². The molecule has 9 fully saturated rings. The van der Waals surface area contributed by atoms with Gasteiger partial charge in [0.05, 0.1) is 109 Å². The third-order valence-electron chi connectivity index (χ3n) is 16.1. The van der Waals surface area contributed by atoms with Crippen LogP contribution in [0.1, 0.15) is 125 Å². The largest absolute Gasteiger partial charge is 0.456 e. The van der Waals surface area contributed by atoms with Crippen LogP contribution in [0.5, 0.6) is 0 Å². The zero-order chi connectivity index (χ0) is 42.2. The van der Waals surface area contributed by atoms with Gasteiger partial charge in [0.15, 0.2) is 0 Å². The van der Waals surface area contributed by atoms with E-state index in [9.17, 15) is 9.90 Å². The van der Waals surface area contributed by atoms with E-state index in [1.54, 1.807) is 6.08 Å². The van der Waals surface area contributed by atoms with Gasteiger partial charge in [-0.1, -0.05) is 39.8 Å². The van der Waals surface area contributed by atoms with Crippen molar-refractivity contribution in [1.82, 2.24) is 0 Å². The Bertz CT molecular complexity index is 1620. The van der Waals surface area contributed by atoms with E-state index in [0.717, 1.165) is 82.6 Å². The molecule has 11 aliphatic rings. The summed E-state index contributed by atoms with van der Waals surface area (Å²) in [7, 11) is 0. The molecule has 0 amide bonds. The zero-order valence-electron chi connectivity index (χ0n) is 37.2. The fraction of sp³-hybridized carbons (Fsp3) is 0.896. The van der Waals surface area contributed by atoms with Crippen LogP contribution in [0.2, 0.25) is 0 Å². The highest BCUT2D eigenvalue weighted by molar-refractivity contribution is 5.84. The van der Waals surface area contributed by atoms with Crippen molar-refractivity contribution >= 4 is 5.97 Å². The second-order valence-corrected chi connectivity index (χ2v) is 20.5. The van der Waals surface area contributed by atoms with Crippen LogP contribution in [-0.2, 0) is 56.9 Å². The Balaban J connectivity index is 0.00000220. The van der Waals surface area contributed by atoms with Crippen molar-refractivity contribution < 1.29 is 62.0 Å². The number of rotatable bonds is 3. The van der Waals surface area contributed by atoms with Gasteiger partial charge in [-0.05, 0) is 76.2 Å². The molecule has 11 heterocycles. The number of ether oxygens (including phenoxy) is 11. The third-order valence-corrected chi connectivity index (χ3v) is 16.1. The monoisotopic (exact) mass is 856 g/mol. The number of aliphatic hydroxyl groups excluding tert-OH is 1. The smallest absolute Gasteiger partial charge is 0.331 e. The average molecular weight is 857 g/mol. The van der Waals surface area contributed by atoms with E-state index in [2.05, 4.69) is 32.9 Å². The molecule has 1 N–H and O–H groups in total. The summed E-state index contributed by atoms with van der Waals surface area (Å²) in [5.41, 5.74) is 0.412. The van der Waals surface area contributed by atoms with Crippen molar-refractivity contribution in [1.29, 1.82) is 0 Å². The molecule has 0 bridgehead atoms. The lowest BCUT2D eigenvalue weighted by Gasteiger charge is -2.55. The van der Waals surface area contributed by atoms with Crippen LogP contribution in [0.15, 0.2) is 23.8 Å². The number of esters is 1. The number of fused-ring (bicyclic) bond motifs is 10. The molecule has 342 valence electrons. The molecule has 0 saturated carbocycles. The molecule has 0 aromatic heterocycles. The minimum atomic E-state index is -0.506. The summed E-state index contributed by atoms with van der Waals surface area (Å²) in [6.45, 7) is 12.7. The maximum atomic E-state index is 12.1. The molecule has 0 aliphatic carbocycles. The highest BCUT2D eigenvalue weighted by atomic mass is 16.6. The van der Waals surface area contributed by atoms with Crippen molar-refractivity contribution in [2.45, 2.75) is 253 Å². The minimum absolute atomic E-state index is 0.0286. The molecular weight excluding hydrogens is 785 g/mol. The first-order chi connectivity index (χ1) is 29.6. The maximum absolute atomic E-state index is 12.1. The molecule has 23 atom stereocenters. The second-order valence-electron chi connectivity index (χ2n) is 20.5. The van der Waals surface area contributed by atoms with Gasteiger partial charge >= 0.3 is 5.97 Å². The summed E-state index contributed by atoms with van der Waals surface area (Å²) in [5.74, 6) is 0.166. The summed E-state index contributed by atoms with van der Waals surface area (Å²) in [5, 5.41) is 9.59. The predicted molar refractivity (Wildman–Crippen MR) is 221 cm³/mol. The lowest BCUT2D eigenvalue weighted by atomic mass is 9.80. The average Bonchev–Trinajstić information content (AvgIpc) is 3.48. The van der Waals surface area contributed by atoms with Gasteiger partial charge in [0.1, 0.15) is 18.3 Å². The Morgan fingerprint density at radius 2 is 1.23 bits per heavy atom. The van der Waals surface area contributed by atoms with E-state index in [1.807, 2.05) is 20.8 Å². The topological polar surface area (TPSA) is 139 Å². The van der Waals surface area contributed by atoms with E-state index in [4.69, 9.17) is 52.1 Å². The molecule has 9 saturated heterocycles. The SMILES string of the molecule is CC.CC1=CC(=O)OC2CC3OC4C[C@@H](C)C5OC6CC7OC8(C)C/C=C\C9OC%10CC%11OC(CC(C)CO)CCC%11OC%10CC9OC8CC7OC6CCC5OC4CC3OC12. The molecule has 13 heteroatoms. The minimum Gasteiger partial charge on any atom is -0.456 e. The summed E-state index contributed by atoms with van der Waals surface area (Å²) in [4.78, 5) is 12.1. The molecule has 11 rings (SSSR count). The molecular formula is C48H72O13. The highest BCUT2D eigenvalue weighted by Gasteiger charge is 2.57. The maximum Gasteiger partial charge on any atom is 0.331 e. The van der Waals surface area contributed by atoms with E-state index in [-0.39, 0.29) is 146 Å². The van der Waals surface area contributed by atoms with Gasteiger partial charge in [-0.2, -0.15) is 0 Å². The van der Waals surface area contributed by atoms with Crippen LogP contribution < -0.4 is 0 Å². The lowest BCUT2D eigenvalue weighted by molar-refractivity contribution is -0.310. The summed E-state index contributed by atoms with van der Waals surface area (Å²) < 4.78 is 74.3. The molecule has 0 aromatic carbocycles. The van der Waals surface area contributed by atoms with Crippen LogP contribution in [-0.4, -0.2) is 145 Å². The first kappa shape index (κ1) is 43.4. The number of carbonyl (C=O) groups is 1. The Kier molecular flexibility index (Phi) is 12.6. The lowest BCUT2D eigenvalue weighted by Crippen LogP contribution is -2.63. The Morgan fingerprint density at radius 3 is 2.00 bits per heavy atom. The van der Waals surface area contributed by atoms with Gasteiger partial charge in [0.2, 0.25) is 0 Å². The van der Waals surface area contributed by atoms with E-state index in [1.165, 1.54) is 0 Å². The van der Waals surface area contributed by atoms with Gasteiger partial charge in [0.25, 0.3) is 0 Å². The van der Waals surface area contributed by atoms with Crippen LogP contribution in [0.4, 0.5) is 0 Å². The van der Waals surface area contributed by atoms with Gasteiger partial charge in [-0.25, -0.2) is 4.79 Å². The fourth-order valence-electron chi connectivity index (χ4n) is 12.9. The summed E-state index contributed by atoms with van der Waals surface area (Å²) in [6, 6.07) is 0. The first-order valence-corrected chi connectivity index (χ1v) is 24.3. The summed E-state index contributed by atoms with van der Waals surface area (Å²) >= 11 is 0. The number of carbonyl (C=O) groups excluding carboxylic acids is 1. The predicted octanol–water partition coefficient (Wildman–Crippen LogP) is 5.84. The van der Waals surface area contributed by atoms with Crippen LogP contribution in [0, 0.1) is 11.8 Å². The number of hydrogen-bond acceptors (Lipinski definition) is 13. The van der Waals surface area contributed by atoms with E-state index >= 15 is 0 Å². The van der Waals surface area contributed by atoms with Gasteiger partial charge in [-0.3, -0.25) is 0 Å². The highest BCUT2D eigenvalue weighted by Crippen LogP contribution is 2.48. The normalized spacial score (nSPS) is 53.4. The number of aliphatic hydroxyl groups is 1. The third kappa shape index (κ3) is 8.47. The van der Waals surface area contributed by atoms with Gasteiger partial charge < -0.3 is 57.2 Å². The van der Waals surface area contributed by atoms with Gasteiger partial charge in [0, 0.05) is 51.2 Å². The molecule has 61 heavy (non-hydrogen) atoms. The Labute approximate surface area is 362 Å². The van der Waals surface area contributed by atoms with Crippen molar-refractivity contribution in [2.75, 3.05) is 6.61 Å². The van der Waals surface area contributed by atoms with Gasteiger partial charge in [-0.15, -0.1) is 0 Å². The molecule has 13 nitrogen and oxygen atoms in total. The standard InChI is InChI=1S/C46H66O13.C2H6/c1-22(21-47)12-25-7-8-27-31(49-25)15-35-36(51-27)16-32-26(50-35)6-5-11-46(4)42(55-32)20-39-40(59-46)18-33-28(52-39)9-10-29-44(57-33)23(2)13-30-34(53-29)17-38-37(54-30)19-41-45(58-38)24(3)14-43(48)56-41;1-2/h5-6,14,22-23,25-42,44-45,47H,7-13,15-21H2,1-4H3;1-2H3/b6-5-;/t22?,23-,25?,26?,27?,28?,29?,30?,31?,32?,33?,34?,35?,36?,37?,38?,39?,40?,41?,42?,44?,45?,46?;/m1./s1. The quantitative estimate of drug-likeness (QED) is 0.269. The van der Waals surface area contributed by atoms with E-state index < -0.39 is 5.60 Å². The molecule has 0 aromatic rings. The molecule has 22 unspecified atom stereocenters. The number of hydrogen-bond donors (Lipinski definition) is 1. The van der Waals surface area contributed by atoms with E-state index in [0.29, 0.717) is 6.42 Å². The Hall–Kier alpha value is -1.49. The van der Waals surface area contributed by atoms with Crippen molar-refractivity contribution in [3.05, 3.63) is 23.8 Å². The van der Waals surface area contributed by atoms with Crippen LogP contribution >= 0.6 is 0 Å². The fourth-order valence-corrected chi connectivity index (χ4v) is 12.9. The molecule has 11 aliphatic heterocycles. The zero-order valence-corrected chi connectivity index (χ0v) is 37.2. The van der Waals surface area contributed by atoms with Crippen LogP contribution in [0.25, 0.3) is 0 Å². The first-order valence-electron chi connectivity index (χ1n) is 24.3. The molecule has 0 radical (unpaired) electrons. The van der Waals surface area contributed by atoms with Crippen LogP contribution in [0.3, 0.4) is 0 Å². The van der Waals surface area contributed by atoms with Crippen molar-refractivity contribution in [2.24, 2.45) is 11.8 Å². The van der Waals surface area contributed by atoms with Crippen molar-refractivity contribution in [3.63, 3.8) is 0 Å². The molecule has 0 spiro atoms. The summed E-state index contributed by atoms with van der Waals surface area (Å²) in [6.07, 6.45) is 15.1.